The molecule has 0 heterocycles. The molecular formula is C12H22F3NO2. The summed E-state index contributed by atoms with van der Waals surface area (Å²) in [7, 11) is 0. The van der Waals surface area contributed by atoms with Gasteiger partial charge in [-0.15, -0.1) is 0 Å². The van der Waals surface area contributed by atoms with Crippen molar-refractivity contribution in [3.05, 3.63) is 0 Å². The highest BCUT2D eigenvalue weighted by Gasteiger charge is 2.38. The molecule has 0 spiro atoms. The van der Waals surface area contributed by atoms with E-state index in [2.05, 4.69) is 5.32 Å². The van der Waals surface area contributed by atoms with Crippen LogP contribution in [0.5, 0.6) is 0 Å². The Labute approximate surface area is 106 Å². The number of halogens is 3. The molecule has 2 N–H and O–H groups in total. The summed E-state index contributed by atoms with van der Waals surface area (Å²) in [6.45, 7) is 2.91. The average molecular weight is 269 g/mol. The molecule has 2 unspecified atom stereocenters. The molecule has 1 saturated carbocycles. The van der Waals surface area contributed by atoms with Gasteiger partial charge < -0.3 is 15.2 Å². The van der Waals surface area contributed by atoms with Crippen molar-refractivity contribution in [3.63, 3.8) is 0 Å². The molecule has 108 valence electrons. The van der Waals surface area contributed by atoms with Crippen LogP contribution in [0.2, 0.25) is 0 Å². The van der Waals surface area contributed by atoms with Gasteiger partial charge in [-0.3, -0.25) is 0 Å². The lowest BCUT2D eigenvalue weighted by molar-refractivity contribution is -0.138. The molecule has 0 aliphatic heterocycles. The predicted octanol–water partition coefficient (Wildman–Crippen LogP) is 2.24. The molecule has 18 heavy (non-hydrogen) atoms. The third-order valence-electron chi connectivity index (χ3n) is 3.38. The lowest BCUT2D eigenvalue weighted by atomic mass is 9.99. The molecule has 0 radical (unpaired) electrons. The van der Waals surface area contributed by atoms with Crippen LogP contribution in [0.15, 0.2) is 0 Å². The summed E-state index contributed by atoms with van der Waals surface area (Å²) < 4.78 is 41.3. The van der Waals surface area contributed by atoms with E-state index >= 15 is 0 Å². The summed E-state index contributed by atoms with van der Waals surface area (Å²) in [5, 5.41) is 12.6. The first-order chi connectivity index (χ1) is 8.41. The Balaban J connectivity index is 2.22. The Hall–Kier alpha value is -0.330. The number of hydrogen-bond acceptors (Lipinski definition) is 3. The molecule has 1 rings (SSSR count). The van der Waals surface area contributed by atoms with Crippen LogP contribution in [0, 0.1) is 0 Å². The molecule has 0 amide bonds. The largest absolute Gasteiger partial charge is 0.394 e. The van der Waals surface area contributed by atoms with Crippen LogP contribution in [0.3, 0.4) is 0 Å². The summed E-state index contributed by atoms with van der Waals surface area (Å²) >= 11 is 0. The summed E-state index contributed by atoms with van der Waals surface area (Å²) in [6.07, 6.45) is -2.66. The smallest absolute Gasteiger partial charge is 0.389 e. The average Bonchev–Trinajstić information content (AvgIpc) is 2.68. The van der Waals surface area contributed by atoms with Gasteiger partial charge in [0.25, 0.3) is 0 Å². The number of ether oxygens (including phenoxy) is 1. The quantitative estimate of drug-likeness (QED) is 0.696. The SMILES string of the molecule is CCNC1(CO)CCC(OCCCC(F)(F)F)C1. The van der Waals surface area contributed by atoms with Gasteiger partial charge in [0.1, 0.15) is 0 Å². The second-order valence-corrected chi connectivity index (χ2v) is 4.92. The zero-order valence-corrected chi connectivity index (χ0v) is 10.7. The summed E-state index contributed by atoms with van der Waals surface area (Å²) in [5.74, 6) is 0. The van der Waals surface area contributed by atoms with Gasteiger partial charge in [-0.2, -0.15) is 13.2 Å². The number of aliphatic hydroxyl groups excluding tert-OH is 1. The number of nitrogens with one attached hydrogen (secondary N) is 1. The molecule has 2 atom stereocenters. The number of likely N-dealkylation sites (N-methyl/N-ethyl adjacent to an activating group) is 1. The van der Waals surface area contributed by atoms with E-state index in [1.54, 1.807) is 0 Å². The molecule has 0 aromatic carbocycles. The van der Waals surface area contributed by atoms with Gasteiger partial charge in [-0.25, -0.2) is 0 Å². The van der Waals surface area contributed by atoms with Crippen LogP contribution in [0.4, 0.5) is 13.2 Å². The zero-order chi connectivity index (χ0) is 13.6. The molecule has 1 fully saturated rings. The Morgan fingerprint density at radius 2 is 2.17 bits per heavy atom. The van der Waals surface area contributed by atoms with Crippen molar-refractivity contribution < 1.29 is 23.0 Å². The van der Waals surface area contributed by atoms with Crippen LogP contribution in [0.1, 0.15) is 39.0 Å². The topological polar surface area (TPSA) is 41.5 Å². The van der Waals surface area contributed by atoms with E-state index in [4.69, 9.17) is 4.74 Å². The first kappa shape index (κ1) is 15.7. The van der Waals surface area contributed by atoms with E-state index in [0.29, 0.717) is 6.42 Å². The lowest BCUT2D eigenvalue weighted by Gasteiger charge is -2.27. The second kappa shape index (κ2) is 6.73. The van der Waals surface area contributed by atoms with Crippen molar-refractivity contribution in [3.8, 4) is 0 Å². The van der Waals surface area contributed by atoms with Crippen LogP contribution in [-0.4, -0.2) is 42.7 Å². The van der Waals surface area contributed by atoms with E-state index in [1.807, 2.05) is 6.92 Å². The van der Waals surface area contributed by atoms with Gasteiger partial charge in [0, 0.05) is 18.6 Å². The van der Waals surface area contributed by atoms with Crippen molar-refractivity contribution in [2.45, 2.75) is 56.8 Å². The van der Waals surface area contributed by atoms with Crippen LogP contribution < -0.4 is 5.32 Å². The van der Waals surface area contributed by atoms with E-state index in [-0.39, 0.29) is 31.3 Å². The Morgan fingerprint density at radius 1 is 1.44 bits per heavy atom. The van der Waals surface area contributed by atoms with E-state index in [0.717, 1.165) is 19.4 Å². The third kappa shape index (κ3) is 5.12. The first-order valence-corrected chi connectivity index (χ1v) is 6.45. The molecular weight excluding hydrogens is 247 g/mol. The van der Waals surface area contributed by atoms with Gasteiger partial charge >= 0.3 is 6.18 Å². The third-order valence-corrected chi connectivity index (χ3v) is 3.38. The van der Waals surface area contributed by atoms with Gasteiger partial charge in [0.15, 0.2) is 0 Å². The van der Waals surface area contributed by atoms with Crippen LogP contribution in [0.25, 0.3) is 0 Å². The van der Waals surface area contributed by atoms with Gasteiger partial charge in [-0.1, -0.05) is 6.92 Å². The molecule has 3 nitrogen and oxygen atoms in total. The fraction of sp³-hybridized carbons (Fsp3) is 1.00. The van der Waals surface area contributed by atoms with E-state index < -0.39 is 12.6 Å². The highest BCUT2D eigenvalue weighted by atomic mass is 19.4. The second-order valence-electron chi connectivity index (χ2n) is 4.92. The van der Waals surface area contributed by atoms with E-state index in [1.165, 1.54) is 0 Å². The minimum absolute atomic E-state index is 0.00727. The maximum atomic E-state index is 11.9. The Bertz CT molecular complexity index is 248. The monoisotopic (exact) mass is 269 g/mol. The Morgan fingerprint density at radius 3 is 2.72 bits per heavy atom. The van der Waals surface area contributed by atoms with Gasteiger partial charge in [-0.05, 0) is 32.2 Å². The van der Waals surface area contributed by atoms with Crippen molar-refractivity contribution in [2.24, 2.45) is 0 Å². The van der Waals surface area contributed by atoms with Crippen molar-refractivity contribution in [1.82, 2.24) is 5.32 Å². The molecule has 1 aliphatic carbocycles. The zero-order valence-electron chi connectivity index (χ0n) is 10.7. The highest BCUT2D eigenvalue weighted by molar-refractivity contribution is 4.96. The number of aliphatic hydroxyl groups is 1. The molecule has 0 aromatic rings. The first-order valence-electron chi connectivity index (χ1n) is 6.45. The van der Waals surface area contributed by atoms with Crippen molar-refractivity contribution in [2.75, 3.05) is 19.8 Å². The van der Waals surface area contributed by atoms with Gasteiger partial charge in [0.2, 0.25) is 0 Å². The number of alkyl halides is 3. The van der Waals surface area contributed by atoms with Crippen molar-refractivity contribution in [1.29, 1.82) is 0 Å². The molecule has 0 aromatic heterocycles. The highest BCUT2D eigenvalue weighted by Crippen LogP contribution is 2.32. The standard InChI is InChI=1S/C12H22F3NO2/c1-2-16-11(9-17)6-4-10(8-11)18-7-3-5-12(13,14)15/h10,16-17H,2-9H2,1H3. The molecule has 0 saturated heterocycles. The molecule has 1 aliphatic rings. The summed E-state index contributed by atoms with van der Waals surface area (Å²) in [5.41, 5.74) is -0.302. The van der Waals surface area contributed by atoms with Crippen LogP contribution in [-0.2, 0) is 4.74 Å². The van der Waals surface area contributed by atoms with Crippen molar-refractivity contribution >= 4 is 0 Å². The maximum absolute atomic E-state index is 11.9. The number of hydrogen-bond donors (Lipinski definition) is 2. The number of rotatable bonds is 7. The Kier molecular flexibility index (Phi) is 5.88. The molecule has 0 bridgehead atoms. The summed E-state index contributed by atoms with van der Waals surface area (Å²) in [4.78, 5) is 0. The van der Waals surface area contributed by atoms with E-state index in [9.17, 15) is 18.3 Å². The fourth-order valence-electron chi connectivity index (χ4n) is 2.48. The summed E-state index contributed by atoms with van der Waals surface area (Å²) in [6, 6.07) is 0. The predicted molar refractivity (Wildman–Crippen MR) is 62.4 cm³/mol. The minimum Gasteiger partial charge on any atom is -0.394 e. The molecule has 6 heteroatoms. The van der Waals surface area contributed by atoms with Crippen LogP contribution >= 0.6 is 0 Å². The normalized spacial score (nSPS) is 28.8. The fourth-order valence-corrected chi connectivity index (χ4v) is 2.48. The van der Waals surface area contributed by atoms with Gasteiger partial charge in [0.05, 0.1) is 12.7 Å². The lowest BCUT2D eigenvalue weighted by Crippen LogP contribution is -2.46. The maximum Gasteiger partial charge on any atom is 0.389 e. The minimum atomic E-state index is -4.10.